The summed E-state index contributed by atoms with van der Waals surface area (Å²) < 4.78 is 14.1. The van der Waals surface area contributed by atoms with Crippen LogP contribution < -0.4 is 0 Å². The minimum Gasteiger partial charge on any atom is -0.298 e. The van der Waals surface area contributed by atoms with Crippen LogP contribution in [-0.4, -0.2) is 16.9 Å². The van der Waals surface area contributed by atoms with Crippen molar-refractivity contribution in [2.45, 2.75) is 13.1 Å². The summed E-state index contributed by atoms with van der Waals surface area (Å²) in [6, 6.07) is 13.7. The van der Waals surface area contributed by atoms with Gasteiger partial charge in [-0.25, -0.2) is 4.39 Å². The molecule has 0 radical (unpaired) electrons. The van der Waals surface area contributed by atoms with Gasteiger partial charge in [0.05, 0.1) is 4.47 Å². The molecule has 3 aromatic rings. The van der Waals surface area contributed by atoms with E-state index in [2.05, 4.69) is 44.0 Å². The second-order valence-corrected chi connectivity index (χ2v) is 6.33. The van der Waals surface area contributed by atoms with E-state index in [-0.39, 0.29) is 5.82 Å². The molecular formula is C18H16BrFN2. The molecule has 1 aromatic heterocycles. The van der Waals surface area contributed by atoms with Crippen molar-refractivity contribution in [1.82, 2.24) is 9.88 Å². The average Bonchev–Trinajstić information content (AvgIpc) is 2.51. The maximum atomic E-state index is 13.6. The Kier molecular flexibility index (Phi) is 4.50. The number of fused-ring (bicyclic) bond motifs is 1. The molecule has 0 fully saturated rings. The van der Waals surface area contributed by atoms with E-state index < -0.39 is 0 Å². The predicted molar refractivity (Wildman–Crippen MR) is 91.0 cm³/mol. The maximum absolute atomic E-state index is 13.6. The van der Waals surface area contributed by atoms with Crippen LogP contribution in [-0.2, 0) is 13.1 Å². The van der Waals surface area contributed by atoms with Crippen molar-refractivity contribution in [3.63, 3.8) is 0 Å². The highest BCUT2D eigenvalue weighted by Gasteiger charge is 2.05. The first-order chi connectivity index (χ1) is 10.6. The van der Waals surface area contributed by atoms with Gasteiger partial charge < -0.3 is 0 Å². The molecule has 0 unspecified atom stereocenters. The van der Waals surface area contributed by atoms with E-state index in [0.717, 1.165) is 17.5 Å². The lowest BCUT2D eigenvalue weighted by Gasteiger charge is -2.17. The predicted octanol–water partition coefficient (Wildman–Crippen LogP) is 4.77. The fourth-order valence-electron chi connectivity index (χ4n) is 2.55. The van der Waals surface area contributed by atoms with Gasteiger partial charge in [-0.3, -0.25) is 9.88 Å². The maximum Gasteiger partial charge on any atom is 0.137 e. The Hall–Kier alpha value is -1.78. The molecule has 0 saturated heterocycles. The van der Waals surface area contributed by atoms with E-state index >= 15 is 0 Å². The van der Waals surface area contributed by atoms with Crippen molar-refractivity contribution in [2.24, 2.45) is 0 Å². The minimum absolute atomic E-state index is 0.218. The molecule has 0 aliphatic heterocycles. The zero-order valence-corrected chi connectivity index (χ0v) is 13.8. The largest absolute Gasteiger partial charge is 0.298 e. The molecule has 0 amide bonds. The van der Waals surface area contributed by atoms with Crippen LogP contribution in [0.15, 0.2) is 59.3 Å². The Morgan fingerprint density at radius 3 is 2.50 bits per heavy atom. The zero-order valence-electron chi connectivity index (χ0n) is 12.3. The summed E-state index contributed by atoms with van der Waals surface area (Å²) in [4.78, 5) is 6.30. The Morgan fingerprint density at radius 2 is 1.73 bits per heavy atom. The summed E-state index contributed by atoms with van der Waals surface area (Å²) in [5.74, 6) is -0.218. The molecule has 4 heteroatoms. The van der Waals surface area contributed by atoms with Gasteiger partial charge in [0.1, 0.15) is 5.82 Å². The fraction of sp³-hybridized carbons (Fsp3) is 0.167. The number of nitrogens with zero attached hydrogens (tertiary/aromatic N) is 2. The van der Waals surface area contributed by atoms with Crippen LogP contribution in [0.1, 0.15) is 11.1 Å². The lowest BCUT2D eigenvalue weighted by molar-refractivity contribution is 0.318. The van der Waals surface area contributed by atoms with Gasteiger partial charge in [0.15, 0.2) is 0 Å². The molecule has 0 N–H and O–H groups in total. The van der Waals surface area contributed by atoms with Gasteiger partial charge in [-0.1, -0.05) is 18.2 Å². The van der Waals surface area contributed by atoms with Crippen molar-refractivity contribution in [1.29, 1.82) is 0 Å². The van der Waals surface area contributed by atoms with Crippen LogP contribution in [0.2, 0.25) is 0 Å². The smallest absolute Gasteiger partial charge is 0.137 e. The van der Waals surface area contributed by atoms with Crippen LogP contribution >= 0.6 is 15.9 Å². The van der Waals surface area contributed by atoms with Crippen molar-refractivity contribution in [2.75, 3.05) is 7.05 Å². The van der Waals surface area contributed by atoms with Crippen LogP contribution in [0.3, 0.4) is 0 Å². The highest BCUT2D eigenvalue weighted by atomic mass is 79.9. The van der Waals surface area contributed by atoms with Crippen LogP contribution in [0.4, 0.5) is 4.39 Å². The summed E-state index contributed by atoms with van der Waals surface area (Å²) in [6.45, 7) is 1.52. The third kappa shape index (κ3) is 3.51. The summed E-state index contributed by atoms with van der Waals surface area (Å²) >= 11 is 3.18. The van der Waals surface area contributed by atoms with E-state index in [4.69, 9.17) is 0 Å². The molecule has 0 aliphatic carbocycles. The molecule has 0 saturated carbocycles. The number of halogens is 2. The number of aromatic nitrogens is 1. The van der Waals surface area contributed by atoms with Gasteiger partial charge in [-0.2, -0.15) is 0 Å². The third-order valence-electron chi connectivity index (χ3n) is 3.59. The molecule has 1 heterocycles. The summed E-state index contributed by atoms with van der Waals surface area (Å²) in [5.41, 5.74) is 2.20. The van der Waals surface area contributed by atoms with Gasteiger partial charge in [-0.15, -0.1) is 0 Å². The summed E-state index contributed by atoms with van der Waals surface area (Å²) in [6.07, 6.45) is 3.67. The monoisotopic (exact) mass is 358 g/mol. The number of pyridine rings is 1. The van der Waals surface area contributed by atoms with Crippen LogP contribution in [0.5, 0.6) is 0 Å². The van der Waals surface area contributed by atoms with E-state index in [9.17, 15) is 4.39 Å². The molecule has 2 aromatic carbocycles. The normalized spacial score (nSPS) is 11.3. The summed E-state index contributed by atoms with van der Waals surface area (Å²) in [7, 11) is 2.04. The third-order valence-corrected chi connectivity index (χ3v) is 4.24. The molecule has 0 atom stereocenters. The Balaban J connectivity index is 1.72. The number of rotatable bonds is 4. The second kappa shape index (κ2) is 6.55. The van der Waals surface area contributed by atoms with Crippen molar-refractivity contribution >= 4 is 26.7 Å². The Bertz CT molecular complexity index is 804. The number of benzene rings is 2. The lowest BCUT2D eigenvalue weighted by atomic mass is 10.1. The zero-order chi connectivity index (χ0) is 15.5. The fourth-order valence-corrected chi connectivity index (χ4v) is 2.80. The topological polar surface area (TPSA) is 16.1 Å². The van der Waals surface area contributed by atoms with Gasteiger partial charge in [0.2, 0.25) is 0 Å². The highest BCUT2D eigenvalue weighted by molar-refractivity contribution is 9.10. The number of hydrogen-bond acceptors (Lipinski definition) is 2. The second-order valence-electron chi connectivity index (χ2n) is 5.48. The van der Waals surface area contributed by atoms with E-state index in [1.165, 1.54) is 10.9 Å². The molecule has 112 valence electrons. The van der Waals surface area contributed by atoms with Gasteiger partial charge in [0.25, 0.3) is 0 Å². The van der Waals surface area contributed by atoms with Gasteiger partial charge in [-0.05, 0) is 63.8 Å². The van der Waals surface area contributed by atoms with E-state index in [1.54, 1.807) is 18.3 Å². The highest BCUT2D eigenvalue weighted by Crippen LogP contribution is 2.19. The lowest BCUT2D eigenvalue weighted by Crippen LogP contribution is -2.17. The van der Waals surface area contributed by atoms with Crippen LogP contribution in [0.25, 0.3) is 10.8 Å². The summed E-state index contributed by atoms with van der Waals surface area (Å²) in [5, 5.41) is 2.33. The molecule has 0 bridgehead atoms. The van der Waals surface area contributed by atoms with Crippen molar-refractivity contribution < 1.29 is 4.39 Å². The minimum atomic E-state index is -0.218. The molecule has 22 heavy (non-hydrogen) atoms. The quantitative estimate of drug-likeness (QED) is 0.667. The molecule has 0 aliphatic rings. The van der Waals surface area contributed by atoms with Crippen molar-refractivity contribution in [3.05, 3.63) is 76.3 Å². The standard InChI is InChI=1S/C18H16BrFN2/c1-22(12-14-3-5-17(19)18(20)9-14)11-13-2-4-16-10-21-7-6-15(16)8-13/h2-10H,11-12H2,1H3. The SMILES string of the molecule is CN(Cc1ccc(Br)c(F)c1)Cc1ccc2cnccc2c1. The first-order valence-electron chi connectivity index (χ1n) is 7.07. The Morgan fingerprint density at radius 1 is 1.00 bits per heavy atom. The first kappa shape index (κ1) is 15.1. The van der Waals surface area contributed by atoms with E-state index in [1.807, 2.05) is 25.4 Å². The van der Waals surface area contributed by atoms with E-state index in [0.29, 0.717) is 11.0 Å². The Labute approximate surface area is 137 Å². The average molecular weight is 359 g/mol. The molecule has 2 nitrogen and oxygen atoms in total. The first-order valence-corrected chi connectivity index (χ1v) is 7.86. The molecule has 0 spiro atoms. The van der Waals surface area contributed by atoms with Gasteiger partial charge in [0, 0.05) is 30.9 Å². The number of hydrogen-bond donors (Lipinski definition) is 0. The van der Waals surface area contributed by atoms with Crippen molar-refractivity contribution in [3.8, 4) is 0 Å². The van der Waals surface area contributed by atoms with Gasteiger partial charge >= 0.3 is 0 Å². The molecular weight excluding hydrogens is 343 g/mol. The van der Waals surface area contributed by atoms with Crippen LogP contribution in [0, 0.1) is 5.82 Å². The molecule has 3 rings (SSSR count).